The highest BCUT2D eigenvalue weighted by Gasteiger charge is 2.47. The largest absolute Gasteiger partial charge is 0.359 e. The van der Waals surface area contributed by atoms with Gasteiger partial charge in [-0.2, -0.15) is 0 Å². The molecule has 2 aliphatic rings. The van der Waals surface area contributed by atoms with E-state index in [4.69, 9.17) is 0 Å². The molecule has 25 heavy (non-hydrogen) atoms. The Labute approximate surface area is 153 Å². The average molecular weight is 356 g/mol. The van der Waals surface area contributed by atoms with Gasteiger partial charge in [-0.15, -0.1) is 11.3 Å². The Kier molecular flexibility index (Phi) is 4.88. The van der Waals surface area contributed by atoms with Crippen molar-refractivity contribution in [3.05, 3.63) is 58.3 Å². The molecule has 3 heterocycles. The topological polar surface area (TPSA) is 35.6 Å². The second-order valence-electron chi connectivity index (χ2n) is 7.03. The molecular formula is C20H25N3OS. The Bertz CT molecular complexity index is 703. The number of amides is 1. The summed E-state index contributed by atoms with van der Waals surface area (Å²) in [6.45, 7) is 5.08. The summed E-state index contributed by atoms with van der Waals surface area (Å²) in [6.07, 6.45) is 0. The van der Waals surface area contributed by atoms with E-state index >= 15 is 0 Å². The normalized spacial score (nSPS) is 27.2. The van der Waals surface area contributed by atoms with Crippen molar-refractivity contribution in [3.63, 3.8) is 0 Å². The minimum Gasteiger partial charge on any atom is -0.359 e. The Morgan fingerprint density at radius 2 is 2.00 bits per heavy atom. The van der Waals surface area contributed by atoms with Gasteiger partial charge in [0.15, 0.2) is 0 Å². The summed E-state index contributed by atoms with van der Waals surface area (Å²) < 4.78 is 0. The number of hydrogen-bond donors (Lipinski definition) is 1. The minimum absolute atomic E-state index is 0.0264. The second kappa shape index (κ2) is 7.28. The number of hydrogen-bond acceptors (Lipinski definition) is 4. The van der Waals surface area contributed by atoms with Crippen LogP contribution < -0.4 is 5.32 Å². The van der Waals surface area contributed by atoms with Crippen molar-refractivity contribution in [2.75, 3.05) is 33.2 Å². The quantitative estimate of drug-likeness (QED) is 0.915. The summed E-state index contributed by atoms with van der Waals surface area (Å²) in [4.78, 5) is 19.2. The van der Waals surface area contributed by atoms with Gasteiger partial charge in [0, 0.05) is 56.6 Å². The van der Waals surface area contributed by atoms with Crippen LogP contribution in [0.5, 0.6) is 0 Å². The Balaban J connectivity index is 1.55. The standard InChI is InChI=1S/C20H25N3OS/c1-21-20(24)19-17(15-6-3-2-4-7-15)13-23-10-9-22(14-18(19)23)12-16-8-5-11-25-16/h2-8,11,17-19H,9-10,12-14H2,1H3,(H,21,24)/t17-,18-,19-/m1/s1. The zero-order valence-corrected chi connectivity index (χ0v) is 15.4. The number of nitrogens with zero attached hydrogens (tertiary/aromatic N) is 2. The van der Waals surface area contributed by atoms with Gasteiger partial charge in [0.2, 0.25) is 5.91 Å². The molecule has 0 unspecified atom stereocenters. The first kappa shape index (κ1) is 16.8. The van der Waals surface area contributed by atoms with E-state index in [0.717, 1.165) is 32.7 Å². The molecule has 2 aromatic rings. The van der Waals surface area contributed by atoms with Crippen molar-refractivity contribution in [2.45, 2.75) is 18.5 Å². The third-order valence-corrected chi connectivity index (χ3v) is 6.49. The fourth-order valence-electron chi connectivity index (χ4n) is 4.41. The lowest BCUT2D eigenvalue weighted by Crippen LogP contribution is -2.53. The van der Waals surface area contributed by atoms with Crippen LogP contribution in [0.3, 0.4) is 0 Å². The molecule has 1 amide bonds. The molecule has 2 fully saturated rings. The highest BCUT2D eigenvalue weighted by Crippen LogP contribution is 2.39. The molecule has 5 heteroatoms. The van der Waals surface area contributed by atoms with Crippen LogP contribution in [0.15, 0.2) is 47.8 Å². The van der Waals surface area contributed by atoms with Gasteiger partial charge in [-0.3, -0.25) is 14.6 Å². The summed E-state index contributed by atoms with van der Waals surface area (Å²) in [7, 11) is 1.76. The number of carbonyl (C=O) groups is 1. The Morgan fingerprint density at radius 3 is 2.72 bits per heavy atom. The van der Waals surface area contributed by atoms with E-state index in [1.165, 1.54) is 10.4 Å². The molecule has 0 aliphatic carbocycles. The lowest BCUT2D eigenvalue weighted by molar-refractivity contribution is -0.126. The van der Waals surface area contributed by atoms with Crippen LogP contribution in [0.25, 0.3) is 0 Å². The zero-order chi connectivity index (χ0) is 17.2. The van der Waals surface area contributed by atoms with E-state index in [1.807, 2.05) is 17.4 Å². The van der Waals surface area contributed by atoms with Crippen LogP contribution in [0.4, 0.5) is 0 Å². The van der Waals surface area contributed by atoms with Gasteiger partial charge >= 0.3 is 0 Å². The number of nitrogens with one attached hydrogen (secondary N) is 1. The van der Waals surface area contributed by atoms with Gasteiger partial charge in [-0.25, -0.2) is 0 Å². The smallest absolute Gasteiger partial charge is 0.225 e. The van der Waals surface area contributed by atoms with Crippen LogP contribution in [0.1, 0.15) is 16.4 Å². The van der Waals surface area contributed by atoms with E-state index in [9.17, 15) is 4.79 Å². The molecule has 1 aromatic carbocycles. The maximum atomic E-state index is 12.7. The monoisotopic (exact) mass is 355 g/mol. The lowest BCUT2D eigenvalue weighted by atomic mass is 9.84. The summed E-state index contributed by atoms with van der Waals surface area (Å²) in [6, 6.07) is 15.2. The summed E-state index contributed by atoms with van der Waals surface area (Å²) in [5.41, 5.74) is 1.29. The maximum absolute atomic E-state index is 12.7. The SMILES string of the molecule is CNC(=O)[C@@H]1[C@@H](c2ccccc2)CN2CCN(Cc3cccs3)C[C@H]12. The van der Waals surface area contributed by atoms with Crippen LogP contribution >= 0.6 is 11.3 Å². The van der Waals surface area contributed by atoms with Gasteiger partial charge in [-0.1, -0.05) is 36.4 Å². The van der Waals surface area contributed by atoms with Crippen molar-refractivity contribution in [2.24, 2.45) is 5.92 Å². The molecule has 2 saturated heterocycles. The van der Waals surface area contributed by atoms with E-state index < -0.39 is 0 Å². The van der Waals surface area contributed by atoms with Gasteiger partial charge < -0.3 is 5.32 Å². The molecule has 1 N–H and O–H groups in total. The summed E-state index contributed by atoms with van der Waals surface area (Å²) in [5.74, 6) is 0.491. The molecule has 1 aromatic heterocycles. The summed E-state index contributed by atoms with van der Waals surface area (Å²) in [5, 5.41) is 5.06. The third-order valence-electron chi connectivity index (χ3n) is 5.63. The van der Waals surface area contributed by atoms with Crippen molar-refractivity contribution >= 4 is 17.2 Å². The predicted molar refractivity (Wildman–Crippen MR) is 102 cm³/mol. The molecule has 132 valence electrons. The lowest BCUT2D eigenvalue weighted by Gasteiger charge is -2.39. The predicted octanol–water partition coefficient (Wildman–Crippen LogP) is 2.39. The van der Waals surface area contributed by atoms with E-state index in [-0.39, 0.29) is 17.7 Å². The number of thiophene rings is 1. The van der Waals surface area contributed by atoms with Crippen molar-refractivity contribution in [3.8, 4) is 0 Å². The molecule has 3 atom stereocenters. The number of piperazine rings is 1. The van der Waals surface area contributed by atoms with E-state index in [0.29, 0.717) is 6.04 Å². The van der Waals surface area contributed by atoms with E-state index in [2.05, 4.69) is 56.9 Å². The molecule has 4 rings (SSSR count). The average Bonchev–Trinajstić information content (AvgIpc) is 3.29. The highest BCUT2D eigenvalue weighted by atomic mass is 32.1. The van der Waals surface area contributed by atoms with Gasteiger partial charge in [0.1, 0.15) is 0 Å². The van der Waals surface area contributed by atoms with Crippen LogP contribution in [0.2, 0.25) is 0 Å². The fraction of sp³-hybridized carbons (Fsp3) is 0.450. The molecule has 0 radical (unpaired) electrons. The van der Waals surface area contributed by atoms with E-state index in [1.54, 1.807) is 7.05 Å². The van der Waals surface area contributed by atoms with Crippen molar-refractivity contribution < 1.29 is 4.79 Å². The fourth-order valence-corrected chi connectivity index (χ4v) is 5.16. The van der Waals surface area contributed by atoms with Gasteiger partial charge in [-0.05, 0) is 17.0 Å². The first-order chi connectivity index (χ1) is 12.3. The number of benzene rings is 1. The highest BCUT2D eigenvalue weighted by molar-refractivity contribution is 7.09. The third kappa shape index (κ3) is 3.36. The molecule has 0 bridgehead atoms. The summed E-state index contributed by atoms with van der Waals surface area (Å²) >= 11 is 1.82. The first-order valence-electron chi connectivity index (χ1n) is 9.01. The number of carbonyl (C=O) groups excluding carboxylic acids is 1. The van der Waals surface area contributed by atoms with Gasteiger partial charge in [0.25, 0.3) is 0 Å². The zero-order valence-electron chi connectivity index (χ0n) is 14.6. The Morgan fingerprint density at radius 1 is 1.16 bits per heavy atom. The van der Waals surface area contributed by atoms with Crippen LogP contribution in [0, 0.1) is 5.92 Å². The van der Waals surface area contributed by atoms with Crippen molar-refractivity contribution in [1.29, 1.82) is 0 Å². The maximum Gasteiger partial charge on any atom is 0.225 e. The Hall–Kier alpha value is -1.69. The number of fused-ring (bicyclic) bond motifs is 1. The molecule has 2 aliphatic heterocycles. The van der Waals surface area contributed by atoms with Crippen LogP contribution in [-0.4, -0.2) is 55.0 Å². The molecule has 0 spiro atoms. The van der Waals surface area contributed by atoms with Crippen molar-refractivity contribution in [1.82, 2.24) is 15.1 Å². The molecule has 4 nitrogen and oxygen atoms in total. The second-order valence-corrected chi connectivity index (χ2v) is 8.07. The molecular weight excluding hydrogens is 330 g/mol. The first-order valence-corrected chi connectivity index (χ1v) is 9.89. The number of rotatable bonds is 4. The van der Waals surface area contributed by atoms with Crippen LogP contribution in [-0.2, 0) is 11.3 Å². The molecule has 0 saturated carbocycles. The van der Waals surface area contributed by atoms with Gasteiger partial charge in [0.05, 0.1) is 5.92 Å². The minimum atomic E-state index is 0.0264.